The van der Waals surface area contributed by atoms with Crippen molar-refractivity contribution in [3.8, 4) is 0 Å². The fourth-order valence-electron chi connectivity index (χ4n) is 0.324. The van der Waals surface area contributed by atoms with Gasteiger partial charge >= 0.3 is 29.6 Å². The Morgan fingerprint density at radius 1 is 1.89 bits per heavy atom. The van der Waals surface area contributed by atoms with Crippen molar-refractivity contribution in [2.75, 3.05) is 0 Å². The number of carbonyl (C=O) groups excluding carboxylic acids is 1. The first-order valence-corrected chi connectivity index (χ1v) is 1.96. The molecule has 0 aliphatic carbocycles. The van der Waals surface area contributed by atoms with Crippen LogP contribution in [-0.2, 0) is 0 Å². The first-order valence-electron chi connectivity index (χ1n) is 1.96. The van der Waals surface area contributed by atoms with Crippen LogP contribution in [0.15, 0.2) is 6.33 Å². The van der Waals surface area contributed by atoms with Gasteiger partial charge in [0.25, 0.3) is 5.91 Å². The van der Waals surface area contributed by atoms with Gasteiger partial charge < -0.3 is 7.16 Å². The maximum Gasteiger partial charge on any atom is 1.00 e. The number of rotatable bonds is 1. The summed E-state index contributed by atoms with van der Waals surface area (Å²) in [6.45, 7) is 0. The van der Waals surface area contributed by atoms with Crippen molar-refractivity contribution in [1.82, 2.24) is 15.2 Å². The average molecular weight is 136 g/mol. The van der Waals surface area contributed by atoms with Crippen LogP contribution >= 0.6 is 0 Å². The van der Waals surface area contributed by atoms with E-state index in [-0.39, 0.29) is 36.8 Å². The molecule has 0 spiro atoms. The normalized spacial score (nSPS) is 8.00. The van der Waals surface area contributed by atoms with Crippen LogP contribution in [0.4, 0.5) is 0 Å². The zero-order chi connectivity index (χ0) is 5.98. The van der Waals surface area contributed by atoms with Gasteiger partial charge in [0.05, 0.1) is 0 Å². The largest absolute Gasteiger partial charge is 1.00 e. The van der Waals surface area contributed by atoms with E-state index in [0.29, 0.717) is 0 Å². The van der Waals surface area contributed by atoms with E-state index in [0.717, 1.165) is 0 Å². The van der Waals surface area contributed by atoms with Crippen LogP contribution in [0.25, 0.3) is 0 Å². The third-order valence-electron chi connectivity index (χ3n) is 0.648. The van der Waals surface area contributed by atoms with E-state index < -0.39 is 5.91 Å². The number of carbonyl (C=O) groups is 1. The molecule has 0 saturated heterocycles. The minimum Gasteiger partial charge on any atom is -1.00 e. The summed E-state index contributed by atoms with van der Waals surface area (Å²) in [5.41, 5.74) is 4.79. The Bertz CT molecular complexity index is 188. The Morgan fingerprint density at radius 2 is 2.56 bits per heavy atom. The Morgan fingerprint density at radius 3 is 2.78 bits per heavy atom. The molecule has 1 aromatic rings. The van der Waals surface area contributed by atoms with Crippen LogP contribution < -0.4 is 35.3 Å². The van der Waals surface area contributed by atoms with Crippen molar-refractivity contribution >= 4 is 5.91 Å². The molecule has 1 amide bonds. The molecule has 1 rings (SSSR count). The topological polar surface area (TPSA) is 84.7 Å². The Balaban J connectivity index is 0. The van der Waals surface area contributed by atoms with Crippen molar-refractivity contribution < 1.29 is 35.8 Å². The first-order chi connectivity index (χ1) is 3.80. The van der Waals surface area contributed by atoms with Crippen LogP contribution in [0.1, 0.15) is 12.0 Å². The summed E-state index contributed by atoms with van der Waals surface area (Å²) in [6.07, 6.45) is 1.22. The summed E-state index contributed by atoms with van der Waals surface area (Å²) < 4.78 is 0. The predicted molar refractivity (Wildman–Crippen MR) is 26.0 cm³/mol. The molecular weight excluding hydrogens is 131 g/mol. The SMILES string of the molecule is NC(=O)c1ncn[nH]1.[H-].[Na+]. The van der Waals surface area contributed by atoms with Crippen molar-refractivity contribution in [3.05, 3.63) is 12.2 Å². The van der Waals surface area contributed by atoms with Crippen molar-refractivity contribution in [3.63, 3.8) is 0 Å². The Kier molecular flexibility index (Phi) is 3.44. The van der Waals surface area contributed by atoms with Gasteiger partial charge in [-0.2, -0.15) is 5.10 Å². The number of aromatic amines is 1. The van der Waals surface area contributed by atoms with E-state index in [1.807, 2.05) is 0 Å². The summed E-state index contributed by atoms with van der Waals surface area (Å²) in [7, 11) is 0. The average Bonchev–Trinajstić information content (AvgIpc) is 2.12. The summed E-state index contributed by atoms with van der Waals surface area (Å²) in [5, 5.41) is 5.71. The zero-order valence-electron chi connectivity index (χ0n) is 5.96. The molecule has 1 heterocycles. The molecule has 44 valence electrons. The number of hydrogen-bond donors (Lipinski definition) is 2. The van der Waals surface area contributed by atoms with Crippen molar-refractivity contribution in [2.24, 2.45) is 5.73 Å². The summed E-state index contributed by atoms with van der Waals surface area (Å²) in [4.78, 5) is 13.6. The van der Waals surface area contributed by atoms with Gasteiger partial charge in [-0.3, -0.25) is 9.89 Å². The number of aromatic nitrogens is 3. The maximum atomic E-state index is 10.2. The molecule has 9 heavy (non-hydrogen) atoms. The number of nitrogens with one attached hydrogen (secondary N) is 1. The first kappa shape index (κ1) is 8.61. The van der Waals surface area contributed by atoms with E-state index in [4.69, 9.17) is 5.73 Å². The van der Waals surface area contributed by atoms with E-state index in [1.165, 1.54) is 6.33 Å². The standard InChI is InChI=1S/C3H4N4O.Na.H/c4-2(8)3-5-1-6-7-3;;/h1H,(H2,4,8)(H,5,6,7);;/q;+1;-1. The number of nitrogens with two attached hydrogens (primary N) is 1. The summed E-state index contributed by atoms with van der Waals surface area (Å²) >= 11 is 0. The number of H-pyrrole nitrogens is 1. The van der Waals surface area contributed by atoms with Gasteiger partial charge in [-0.15, -0.1) is 0 Å². The van der Waals surface area contributed by atoms with Crippen LogP contribution in [0, 0.1) is 0 Å². The molecule has 6 heteroatoms. The monoisotopic (exact) mass is 136 g/mol. The molecule has 0 atom stereocenters. The molecule has 0 aliphatic heterocycles. The molecule has 0 saturated carbocycles. The van der Waals surface area contributed by atoms with Gasteiger partial charge in [-0.05, 0) is 0 Å². The van der Waals surface area contributed by atoms with Crippen molar-refractivity contribution in [2.45, 2.75) is 0 Å². The summed E-state index contributed by atoms with van der Waals surface area (Å²) in [6, 6.07) is 0. The van der Waals surface area contributed by atoms with Crippen LogP contribution in [0.2, 0.25) is 0 Å². The molecule has 0 aliphatic rings. The van der Waals surface area contributed by atoms with Gasteiger partial charge in [-0.25, -0.2) is 4.98 Å². The number of nitrogens with zero attached hydrogens (tertiary/aromatic N) is 2. The van der Waals surface area contributed by atoms with Crippen LogP contribution in [0.3, 0.4) is 0 Å². The van der Waals surface area contributed by atoms with Crippen LogP contribution in [-0.4, -0.2) is 21.1 Å². The fraction of sp³-hybridized carbons (Fsp3) is 0. The Hall–Kier alpha value is -0.390. The molecule has 0 fully saturated rings. The second-order valence-corrected chi connectivity index (χ2v) is 1.20. The minimum atomic E-state index is -0.595. The molecule has 0 aromatic carbocycles. The van der Waals surface area contributed by atoms with Gasteiger partial charge in [0.15, 0.2) is 0 Å². The second-order valence-electron chi connectivity index (χ2n) is 1.20. The quantitative estimate of drug-likeness (QED) is 0.386. The molecule has 5 nitrogen and oxygen atoms in total. The third-order valence-corrected chi connectivity index (χ3v) is 0.648. The van der Waals surface area contributed by atoms with Crippen molar-refractivity contribution in [1.29, 1.82) is 0 Å². The van der Waals surface area contributed by atoms with E-state index in [1.54, 1.807) is 0 Å². The fourth-order valence-corrected chi connectivity index (χ4v) is 0.324. The molecule has 0 bridgehead atoms. The van der Waals surface area contributed by atoms with Crippen LogP contribution in [0.5, 0.6) is 0 Å². The number of amides is 1. The minimum absolute atomic E-state index is 0. The molecule has 0 radical (unpaired) electrons. The van der Waals surface area contributed by atoms with E-state index >= 15 is 0 Å². The van der Waals surface area contributed by atoms with E-state index in [2.05, 4.69) is 15.2 Å². The van der Waals surface area contributed by atoms with E-state index in [9.17, 15) is 4.79 Å². The Labute approximate surface area is 74.8 Å². The number of primary amides is 1. The van der Waals surface area contributed by atoms with Gasteiger partial charge in [0, 0.05) is 0 Å². The zero-order valence-corrected chi connectivity index (χ0v) is 6.96. The number of hydrogen-bond acceptors (Lipinski definition) is 3. The van der Waals surface area contributed by atoms with Gasteiger partial charge in [-0.1, -0.05) is 0 Å². The molecule has 1 aromatic heterocycles. The summed E-state index contributed by atoms with van der Waals surface area (Å²) in [5.74, 6) is -0.507. The van der Waals surface area contributed by atoms with Gasteiger partial charge in [0.2, 0.25) is 5.82 Å². The molecule has 3 N–H and O–H groups in total. The predicted octanol–water partition coefficient (Wildman–Crippen LogP) is -3.98. The maximum absolute atomic E-state index is 10.2. The molecule has 0 unspecified atom stereocenters. The smallest absolute Gasteiger partial charge is 1.00 e. The second kappa shape index (κ2) is 3.60. The van der Waals surface area contributed by atoms with Gasteiger partial charge in [0.1, 0.15) is 6.33 Å². The third kappa shape index (κ3) is 2.13. The molecular formula is C3H5N4NaO.